The van der Waals surface area contributed by atoms with E-state index in [0.29, 0.717) is 5.65 Å². The molecule has 0 amide bonds. The van der Waals surface area contributed by atoms with Gasteiger partial charge in [0.05, 0.1) is 0 Å². The number of hydrogen-bond donors (Lipinski definition) is 2. The van der Waals surface area contributed by atoms with E-state index in [0.717, 1.165) is 0 Å². The van der Waals surface area contributed by atoms with Gasteiger partial charge in [-0.15, -0.1) is 0 Å². The summed E-state index contributed by atoms with van der Waals surface area (Å²) in [7, 11) is 0. The Labute approximate surface area is 83.4 Å². The SMILES string of the molecule is O=C(O)c1cn2c(C(=O)O)cccc2n1. The predicted octanol–water partition coefficient (Wildman–Crippen LogP) is 0.731. The van der Waals surface area contributed by atoms with Crippen LogP contribution in [-0.2, 0) is 0 Å². The van der Waals surface area contributed by atoms with E-state index in [4.69, 9.17) is 10.2 Å². The van der Waals surface area contributed by atoms with E-state index >= 15 is 0 Å². The third-order valence-electron chi connectivity index (χ3n) is 1.93. The smallest absolute Gasteiger partial charge is 0.356 e. The van der Waals surface area contributed by atoms with Crippen molar-refractivity contribution in [3.63, 3.8) is 0 Å². The molecule has 0 saturated heterocycles. The minimum absolute atomic E-state index is 0.0208. The summed E-state index contributed by atoms with van der Waals surface area (Å²) >= 11 is 0. The number of carbonyl (C=O) groups is 2. The second-order valence-electron chi connectivity index (χ2n) is 2.88. The Hall–Kier alpha value is -2.37. The molecule has 0 spiro atoms. The Balaban J connectivity index is 2.75. The first-order chi connectivity index (χ1) is 7.09. The molecule has 2 rings (SSSR count). The highest BCUT2D eigenvalue weighted by molar-refractivity contribution is 5.89. The van der Waals surface area contributed by atoms with Crippen molar-refractivity contribution in [1.29, 1.82) is 0 Å². The average molecular weight is 206 g/mol. The monoisotopic (exact) mass is 206 g/mol. The zero-order valence-electron chi connectivity index (χ0n) is 7.41. The van der Waals surface area contributed by atoms with E-state index in [1.165, 1.54) is 22.7 Å². The van der Waals surface area contributed by atoms with Crippen LogP contribution in [0.2, 0.25) is 0 Å². The van der Waals surface area contributed by atoms with Crippen molar-refractivity contribution in [2.45, 2.75) is 0 Å². The summed E-state index contributed by atoms with van der Waals surface area (Å²) in [6.07, 6.45) is 1.18. The molecule has 0 atom stereocenters. The summed E-state index contributed by atoms with van der Waals surface area (Å²) in [6, 6.07) is 4.43. The van der Waals surface area contributed by atoms with Crippen LogP contribution in [0.5, 0.6) is 0 Å². The second kappa shape index (κ2) is 3.09. The molecule has 0 unspecified atom stereocenters. The molecule has 0 saturated carbocycles. The fraction of sp³-hybridized carbons (Fsp3) is 0. The van der Waals surface area contributed by atoms with E-state index in [9.17, 15) is 9.59 Å². The van der Waals surface area contributed by atoms with Gasteiger partial charge >= 0.3 is 11.9 Å². The van der Waals surface area contributed by atoms with E-state index in [1.54, 1.807) is 6.07 Å². The quantitative estimate of drug-likeness (QED) is 0.755. The van der Waals surface area contributed by atoms with Crippen LogP contribution in [0.1, 0.15) is 21.0 Å². The Morgan fingerprint density at radius 2 is 1.93 bits per heavy atom. The van der Waals surface area contributed by atoms with Crippen molar-refractivity contribution in [2.24, 2.45) is 0 Å². The van der Waals surface area contributed by atoms with Gasteiger partial charge in [-0.3, -0.25) is 4.40 Å². The molecule has 6 nitrogen and oxygen atoms in total. The molecule has 0 radical (unpaired) electrons. The molecule has 0 aliphatic heterocycles. The summed E-state index contributed by atoms with van der Waals surface area (Å²) in [5.74, 6) is -2.31. The molecule has 76 valence electrons. The molecule has 0 bridgehead atoms. The molecule has 2 N–H and O–H groups in total. The zero-order chi connectivity index (χ0) is 11.0. The van der Waals surface area contributed by atoms with E-state index in [-0.39, 0.29) is 11.4 Å². The Kier molecular flexibility index (Phi) is 1.89. The fourth-order valence-corrected chi connectivity index (χ4v) is 1.29. The number of carboxylic acid groups (broad SMARTS) is 2. The summed E-state index contributed by atoms with van der Waals surface area (Å²) in [5, 5.41) is 17.5. The highest BCUT2D eigenvalue weighted by atomic mass is 16.4. The maximum Gasteiger partial charge on any atom is 0.356 e. The zero-order valence-corrected chi connectivity index (χ0v) is 7.41. The van der Waals surface area contributed by atoms with Crippen LogP contribution < -0.4 is 0 Å². The summed E-state index contributed by atoms with van der Waals surface area (Å²) < 4.78 is 1.23. The van der Waals surface area contributed by atoms with Crippen LogP contribution in [0.4, 0.5) is 0 Å². The minimum Gasteiger partial charge on any atom is -0.477 e. The molecule has 15 heavy (non-hydrogen) atoms. The minimum atomic E-state index is -1.19. The number of carboxylic acids is 2. The van der Waals surface area contributed by atoms with E-state index in [2.05, 4.69) is 4.98 Å². The molecule has 0 aliphatic rings. The van der Waals surface area contributed by atoms with Crippen molar-refractivity contribution in [3.8, 4) is 0 Å². The molecular formula is C9H6N2O4. The van der Waals surface area contributed by atoms with Gasteiger partial charge in [0, 0.05) is 6.20 Å². The van der Waals surface area contributed by atoms with Crippen molar-refractivity contribution in [1.82, 2.24) is 9.38 Å². The topological polar surface area (TPSA) is 91.9 Å². The molecule has 2 aromatic rings. The number of nitrogens with zero attached hydrogens (tertiary/aromatic N) is 2. The van der Waals surface area contributed by atoms with E-state index < -0.39 is 11.9 Å². The first kappa shape index (κ1) is 9.20. The normalized spacial score (nSPS) is 10.4. The van der Waals surface area contributed by atoms with Crippen LogP contribution in [0.25, 0.3) is 5.65 Å². The molecular weight excluding hydrogens is 200 g/mol. The Morgan fingerprint density at radius 1 is 1.20 bits per heavy atom. The lowest BCUT2D eigenvalue weighted by Gasteiger charge is -1.97. The van der Waals surface area contributed by atoms with Gasteiger partial charge in [0.1, 0.15) is 11.3 Å². The third kappa shape index (κ3) is 1.41. The highest BCUT2D eigenvalue weighted by Crippen LogP contribution is 2.09. The van der Waals surface area contributed by atoms with Crippen molar-refractivity contribution < 1.29 is 19.8 Å². The van der Waals surface area contributed by atoms with Gasteiger partial charge in [-0.2, -0.15) is 0 Å². The molecule has 2 aromatic heterocycles. The number of pyridine rings is 1. The maximum atomic E-state index is 10.8. The molecule has 0 aromatic carbocycles. The number of hydrogen-bond acceptors (Lipinski definition) is 3. The van der Waals surface area contributed by atoms with Crippen molar-refractivity contribution in [3.05, 3.63) is 35.8 Å². The Bertz CT molecular complexity index is 558. The lowest BCUT2D eigenvalue weighted by Crippen LogP contribution is -2.03. The first-order valence-corrected chi connectivity index (χ1v) is 4.04. The number of imidazole rings is 1. The second-order valence-corrected chi connectivity index (χ2v) is 2.88. The van der Waals surface area contributed by atoms with Crippen LogP contribution in [0.3, 0.4) is 0 Å². The van der Waals surface area contributed by atoms with Crippen LogP contribution in [0, 0.1) is 0 Å². The third-order valence-corrected chi connectivity index (χ3v) is 1.93. The van der Waals surface area contributed by atoms with Crippen LogP contribution in [-0.4, -0.2) is 31.5 Å². The summed E-state index contributed by atoms with van der Waals surface area (Å²) in [6.45, 7) is 0. The van der Waals surface area contributed by atoms with Gasteiger partial charge in [-0.25, -0.2) is 14.6 Å². The number of aromatic carboxylic acids is 2. The lowest BCUT2D eigenvalue weighted by molar-refractivity contribution is 0.0676. The van der Waals surface area contributed by atoms with Gasteiger partial charge in [0.2, 0.25) is 0 Å². The van der Waals surface area contributed by atoms with Crippen LogP contribution in [0.15, 0.2) is 24.4 Å². The molecule has 6 heteroatoms. The molecule has 0 aliphatic carbocycles. The van der Waals surface area contributed by atoms with E-state index in [1.807, 2.05) is 0 Å². The highest BCUT2D eigenvalue weighted by Gasteiger charge is 2.13. The summed E-state index contributed by atoms with van der Waals surface area (Å²) in [4.78, 5) is 25.2. The first-order valence-electron chi connectivity index (χ1n) is 4.04. The van der Waals surface area contributed by atoms with Gasteiger partial charge < -0.3 is 10.2 Å². The average Bonchev–Trinajstić information content (AvgIpc) is 2.60. The maximum absolute atomic E-state index is 10.8. The largest absolute Gasteiger partial charge is 0.477 e. The standard InChI is InChI=1S/C9H6N2O4/c12-8(13)5-4-11-6(9(14)15)2-1-3-7(11)10-5/h1-4H,(H,12,13)(H,14,15). The predicted molar refractivity (Wildman–Crippen MR) is 49.1 cm³/mol. The van der Waals surface area contributed by atoms with Crippen LogP contribution >= 0.6 is 0 Å². The molecule has 2 heterocycles. The Morgan fingerprint density at radius 3 is 2.53 bits per heavy atom. The number of rotatable bonds is 2. The van der Waals surface area contributed by atoms with Crippen molar-refractivity contribution >= 4 is 17.6 Å². The van der Waals surface area contributed by atoms with Crippen molar-refractivity contribution in [2.75, 3.05) is 0 Å². The lowest BCUT2D eigenvalue weighted by atomic mass is 10.3. The van der Waals surface area contributed by atoms with Gasteiger partial charge in [0.15, 0.2) is 5.69 Å². The fourth-order valence-electron chi connectivity index (χ4n) is 1.29. The molecule has 0 fully saturated rings. The number of fused-ring (bicyclic) bond motifs is 1. The van der Waals surface area contributed by atoms with Gasteiger partial charge in [-0.05, 0) is 12.1 Å². The van der Waals surface area contributed by atoms with Gasteiger partial charge in [-0.1, -0.05) is 6.07 Å². The van der Waals surface area contributed by atoms with Gasteiger partial charge in [0.25, 0.3) is 0 Å². The number of aromatic nitrogens is 2. The summed E-state index contributed by atoms with van der Waals surface area (Å²) in [5.41, 5.74) is 0.100.